The Morgan fingerprint density at radius 1 is 1.56 bits per heavy atom. The molecular formula is C11H18BrN3O. The molecule has 0 saturated heterocycles. The molecule has 0 atom stereocenters. The van der Waals surface area contributed by atoms with Crippen LogP contribution < -0.4 is 0 Å². The molecule has 4 nitrogen and oxygen atoms in total. The number of carbonyl (C=O) groups excluding carboxylic acids is 1. The molecule has 5 heteroatoms. The van der Waals surface area contributed by atoms with E-state index in [0.717, 1.165) is 24.7 Å². The van der Waals surface area contributed by atoms with Gasteiger partial charge in [-0.2, -0.15) is 5.10 Å². The molecule has 0 aliphatic heterocycles. The minimum atomic E-state index is 0.0573. The summed E-state index contributed by atoms with van der Waals surface area (Å²) in [7, 11) is 0. The van der Waals surface area contributed by atoms with Crippen molar-refractivity contribution in [3.05, 3.63) is 18.0 Å². The maximum Gasteiger partial charge on any atom is 0.257 e. The Morgan fingerprint density at radius 2 is 2.25 bits per heavy atom. The Kier molecular flexibility index (Phi) is 5.52. The fourth-order valence-electron chi connectivity index (χ4n) is 1.80. The highest BCUT2D eigenvalue weighted by molar-refractivity contribution is 9.09. The van der Waals surface area contributed by atoms with E-state index in [2.05, 4.69) is 40.0 Å². The Morgan fingerprint density at radius 3 is 2.69 bits per heavy atom. The van der Waals surface area contributed by atoms with Gasteiger partial charge < -0.3 is 4.90 Å². The van der Waals surface area contributed by atoms with Crippen LogP contribution in [-0.4, -0.2) is 38.9 Å². The lowest BCUT2D eigenvalue weighted by molar-refractivity contribution is 0.0683. The molecule has 1 rings (SSSR count). The molecule has 1 heterocycles. The molecule has 0 unspecified atom stereocenters. The number of nitrogens with one attached hydrogen (secondary N) is 1. The Bertz CT molecular complexity index is 309. The van der Waals surface area contributed by atoms with Gasteiger partial charge in [0, 0.05) is 24.1 Å². The second-order valence-corrected chi connectivity index (χ2v) is 4.44. The second kappa shape index (κ2) is 6.68. The maximum absolute atomic E-state index is 12.2. The zero-order valence-corrected chi connectivity index (χ0v) is 11.3. The molecule has 1 aromatic heterocycles. The summed E-state index contributed by atoms with van der Waals surface area (Å²) in [6.45, 7) is 4.95. The Labute approximate surface area is 105 Å². The van der Waals surface area contributed by atoms with E-state index >= 15 is 0 Å². The van der Waals surface area contributed by atoms with Gasteiger partial charge in [-0.25, -0.2) is 0 Å². The maximum atomic E-state index is 12.2. The van der Waals surface area contributed by atoms with E-state index in [1.54, 1.807) is 12.4 Å². The summed E-state index contributed by atoms with van der Waals surface area (Å²) in [6.07, 6.45) is 5.18. The lowest BCUT2D eigenvalue weighted by Gasteiger charge is -2.29. The summed E-state index contributed by atoms with van der Waals surface area (Å²) in [4.78, 5) is 14.1. The van der Waals surface area contributed by atoms with Crippen LogP contribution in [0.1, 0.15) is 37.0 Å². The smallest absolute Gasteiger partial charge is 0.257 e. The number of nitrogens with zero attached hydrogens (tertiary/aromatic N) is 2. The molecule has 1 amide bonds. The van der Waals surface area contributed by atoms with Crippen LogP contribution in [0.4, 0.5) is 0 Å². The summed E-state index contributed by atoms with van der Waals surface area (Å²) >= 11 is 3.39. The first-order chi connectivity index (χ1) is 7.74. The highest BCUT2D eigenvalue weighted by Crippen LogP contribution is 2.13. The quantitative estimate of drug-likeness (QED) is 0.817. The molecule has 1 aromatic rings. The van der Waals surface area contributed by atoms with E-state index in [-0.39, 0.29) is 5.91 Å². The summed E-state index contributed by atoms with van der Waals surface area (Å²) in [5.41, 5.74) is 0.632. The van der Waals surface area contributed by atoms with Crippen molar-refractivity contribution in [1.29, 1.82) is 0 Å². The molecule has 0 aliphatic carbocycles. The molecule has 16 heavy (non-hydrogen) atoms. The molecular weight excluding hydrogens is 270 g/mol. The van der Waals surface area contributed by atoms with Crippen LogP contribution in [0, 0.1) is 0 Å². The molecule has 0 bridgehead atoms. The molecule has 0 aromatic carbocycles. The van der Waals surface area contributed by atoms with E-state index in [0.29, 0.717) is 11.6 Å². The van der Waals surface area contributed by atoms with Gasteiger partial charge in [0.1, 0.15) is 0 Å². The minimum Gasteiger partial charge on any atom is -0.335 e. The average Bonchev–Trinajstić information content (AvgIpc) is 2.82. The third-order valence-corrected chi connectivity index (χ3v) is 3.07. The molecule has 0 fully saturated rings. The van der Waals surface area contributed by atoms with Gasteiger partial charge >= 0.3 is 0 Å². The van der Waals surface area contributed by atoms with E-state index in [9.17, 15) is 4.79 Å². The van der Waals surface area contributed by atoms with E-state index in [1.807, 2.05) is 4.90 Å². The number of alkyl halides is 1. The largest absolute Gasteiger partial charge is 0.335 e. The van der Waals surface area contributed by atoms with Gasteiger partial charge in [-0.1, -0.05) is 29.8 Å². The standard InChI is InChI=1S/C11H18BrN3O/c1-3-10(4-2)15(6-5-12)11(16)9-7-13-14-8-9/h7-8,10H,3-6H2,1-2H3,(H,13,14). The SMILES string of the molecule is CCC(CC)N(CCBr)C(=O)c1cn[nH]c1. The van der Waals surface area contributed by atoms with Crippen LogP contribution in [0.5, 0.6) is 0 Å². The van der Waals surface area contributed by atoms with Crippen molar-refractivity contribution >= 4 is 21.8 Å². The lowest BCUT2D eigenvalue weighted by Crippen LogP contribution is -2.40. The zero-order valence-electron chi connectivity index (χ0n) is 9.74. The van der Waals surface area contributed by atoms with Gasteiger partial charge in [-0.05, 0) is 12.8 Å². The summed E-state index contributed by atoms with van der Waals surface area (Å²) in [6, 6.07) is 0.306. The summed E-state index contributed by atoms with van der Waals surface area (Å²) in [5, 5.41) is 7.28. The van der Waals surface area contributed by atoms with Crippen LogP contribution >= 0.6 is 15.9 Å². The fourth-order valence-corrected chi connectivity index (χ4v) is 2.19. The average molecular weight is 288 g/mol. The van der Waals surface area contributed by atoms with Crippen molar-refractivity contribution in [3.63, 3.8) is 0 Å². The number of hydrogen-bond donors (Lipinski definition) is 1. The van der Waals surface area contributed by atoms with Crippen molar-refractivity contribution in [2.45, 2.75) is 32.7 Å². The summed E-state index contributed by atoms with van der Waals surface area (Å²) in [5.74, 6) is 0.0573. The highest BCUT2D eigenvalue weighted by Gasteiger charge is 2.22. The van der Waals surface area contributed by atoms with E-state index in [1.165, 1.54) is 0 Å². The number of amides is 1. The van der Waals surface area contributed by atoms with Crippen molar-refractivity contribution in [3.8, 4) is 0 Å². The Balaban J connectivity index is 2.80. The molecule has 1 N–H and O–H groups in total. The number of halogens is 1. The van der Waals surface area contributed by atoms with Crippen molar-refractivity contribution in [2.75, 3.05) is 11.9 Å². The number of aromatic nitrogens is 2. The van der Waals surface area contributed by atoms with E-state index in [4.69, 9.17) is 0 Å². The van der Waals surface area contributed by atoms with Crippen molar-refractivity contribution in [1.82, 2.24) is 15.1 Å². The van der Waals surface area contributed by atoms with Crippen LogP contribution in [0.2, 0.25) is 0 Å². The van der Waals surface area contributed by atoms with Crippen molar-refractivity contribution in [2.24, 2.45) is 0 Å². The van der Waals surface area contributed by atoms with Gasteiger partial charge in [0.25, 0.3) is 5.91 Å². The van der Waals surface area contributed by atoms with E-state index < -0.39 is 0 Å². The lowest BCUT2D eigenvalue weighted by atomic mass is 10.1. The monoisotopic (exact) mass is 287 g/mol. The van der Waals surface area contributed by atoms with Gasteiger partial charge in [0.15, 0.2) is 0 Å². The van der Waals surface area contributed by atoms with Crippen LogP contribution in [0.15, 0.2) is 12.4 Å². The number of H-pyrrole nitrogens is 1. The van der Waals surface area contributed by atoms with Gasteiger partial charge in [-0.15, -0.1) is 0 Å². The first kappa shape index (κ1) is 13.2. The van der Waals surface area contributed by atoms with Gasteiger partial charge in [0.2, 0.25) is 0 Å². The second-order valence-electron chi connectivity index (χ2n) is 3.64. The third-order valence-electron chi connectivity index (χ3n) is 2.71. The normalized spacial score (nSPS) is 10.8. The molecule has 0 radical (unpaired) electrons. The highest BCUT2D eigenvalue weighted by atomic mass is 79.9. The molecule has 0 aliphatic rings. The van der Waals surface area contributed by atoms with Crippen molar-refractivity contribution < 1.29 is 4.79 Å². The van der Waals surface area contributed by atoms with Crippen LogP contribution in [-0.2, 0) is 0 Å². The van der Waals surface area contributed by atoms with Crippen LogP contribution in [0.3, 0.4) is 0 Å². The number of aromatic amines is 1. The van der Waals surface area contributed by atoms with Gasteiger partial charge in [0.05, 0.1) is 11.8 Å². The van der Waals surface area contributed by atoms with Crippen LogP contribution in [0.25, 0.3) is 0 Å². The topological polar surface area (TPSA) is 49.0 Å². The molecule has 0 saturated carbocycles. The fraction of sp³-hybridized carbons (Fsp3) is 0.636. The Hall–Kier alpha value is -0.840. The number of carbonyl (C=O) groups is 1. The predicted octanol–water partition coefficient (Wildman–Crippen LogP) is 2.44. The first-order valence-corrected chi connectivity index (χ1v) is 6.72. The number of rotatable bonds is 6. The third kappa shape index (κ3) is 3.07. The molecule has 0 spiro atoms. The van der Waals surface area contributed by atoms with Gasteiger partial charge in [-0.3, -0.25) is 9.89 Å². The first-order valence-electron chi connectivity index (χ1n) is 5.60. The number of hydrogen-bond acceptors (Lipinski definition) is 2. The molecule has 90 valence electrons. The minimum absolute atomic E-state index is 0.0573. The predicted molar refractivity (Wildman–Crippen MR) is 67.8 cm³/mol. The zero-order chi connectivity index (χ0) is 12.0. The summed E-state index contributed by atoms with van der Waals surface area (Å²) < 4.78 is 0.